The zero-order chi connectivity index (χ0) is 19.2. The fraction of sp³-hybridized carbons (Fsp3) is 0.300. The van der Waals surface area contributed by atoms with Gasteiger partial charge in [0.25, 0.3) is 11.8 Å². The molecule has 2 aromatic carbocycles. The number of ether oxygens (including phenoxy) is 2. The Labute approximate surface area is 163 Å². The predicted octanol–water partition coefficient (Wildman–Crippen LogP) is 2.58. The summed E-state index contributed by atoms with van der Waals surface area (Å²) in [5, 5.41) is 3.39. The molecule has 2 aromatic rings. The third kappa shape index (κ3) is 5.45. The van der Waals surface area contributed by atoms with Crippen molar-refractivity contribution in [2.24, 2.45) is 0 Å². The molecule has 142 valence electrons. The van der Waals surface area contributed by atoms with E-state index in [-0.39, 0.29) is 31.1 Å². The highest BCUT2D eigenvalue weighted by Crippen LogP contribution is 2.21. The molecule has 0 bridgehead atoms. The van der Waals surface area contributed by atoms with Crippen LogP contribution in [0.15, 0.2) is 48.5 Å². The fourth-order valence-corrected chi connectivity index (χ4v) is 2.81. The summed E-state index contributed by atoms with van der Waals surface area (Å²) >= 11 is 5.89. The zero-order valence-corrected chi connectivity index (χ0v) is 15.7. The Morgan fingerprint density at radius 2 is 1.93 bits per heavy atom. The summed E-state index contributed by atoms with van der Waals surface area (Å²) in [4.78, 5) is 25.7. The standard InChI is InChI=1S/C20H21ClN2O4/c1-14-2-8-17(9-3-14)26-12-19(24)22-10-18-11-23(20(25)13-27-18)16-6-4-15(21)5-7-16/h2-9,18H,10-13H2,1H3,(H,22,24). The molecule has 0 radical (unpaired) electrons. The number of anilines is 1. The number of halogens is 1. The van der Waals surface area contributed by atoms with Gasteiger partial charge < -0.3 is 19.7 Å². The Hall–Kier alpha value is -2.57. The summed E-state index contributed by atoms with van der Waals surface area (Å²) < 4.78 is 11.0. The van der Waals surface area contributed by atoms with E-state index in [9.17, 15) is 9.59 Å². The van der Waals surface area contributed by atoms with Crippen LogP contribution in [0.3, 0.4) is 0 Å². The van der Waals surface area contributed by atoms with Crippen molar-refractivity contribution < 1.29 is 19.1 Å². The van der Waals surface area contributed by atoms with Crippen molar-refractivity contribution in [3.63, 3.8) is 0 Å². The second kappa shape index (κ2) is 8.88. The summed E-state index contributed by atoms with van der Waals surface area (Å²) in [7, 11) is 0. The Morgan fingerprint density at radius 3 is 2.63 bits per heavy atom. The minimum absolute atomic E-state index is 0.0248. The molecule has 1 aliphatic rings. The second-order valence-electron chi connectivity index (χ2n) is 6.32. The number of carbonyl (C=O) groups is 2. The van der Waals surface area contributed by atoms with Crippen molar-refractivity contribution in [3.8, 4) is 5.75 Å². The van der Waals surface area contributed by atoms with Gasteiger partial charge in [-0.2, -0.15) is 0 Å². The SMILES string of the molecule is Cc1ccc(OCC(=O)NCC2CN(c3ccc(Cl)cc3)C(=O)CO2)cc1. The molecule has 1 heterocycles. The molecule has 6 nitrogen and oxygen atoms in total. The molecule has 1 atom stereocenters. The van der Waals surface area contributed by atoms with Crippen molar-refractivity contribution in [1.82, 2.24) is 5.32 Å². The predicted molar refractivity (Wildman–Crippen MR) is 103 cm³/mol. The summed E-state index contributed by atoms with van der Waals surface area (Å²) in [5.41, 5.74) is 1.88. The lowest BCUT2D eigenvalue weighted by molar-refractivity contribution is -0.130. The van der Waals surface area contributed by atoms with Gasteiger partial charge in [0.1, 0.15) is 12.4 Å². The van der Waals surface area contributed by atoms with Gasteiger partial charge in [-0.15, -0.1) is 0 Å². The molecule has 0 aromatic heterocycles. The van der Waals surface area contributed by atoms with Crippen LogP contribution in [0.2, 0.25) is 5.02 Å². The highest BCUT2D eigenvalue weighted by atomic mass is 35.5. The molecule has 0 aliphatic carbocycles. The molecule has 1 saturated heterocycles. The van der Waals surface area contributed by atoms with Crippen LogP contribution in [0.5, 0.6) is 5.75 Å². The van der Waals surface area contributed by atoms with Crippen LogP contribution in [-0.2, 0) is 14.3 Å². The average Bonchev–Trinajstić information content (AvgIpc) is 2.67. The van der Waals surface area contributed by atoms with E-state index in [0.717, 1.165) is 11.3 Å². The molecule has 1 N–H and O–H groups in total. The van der Waals surface area contributed by atoms with Crippen LogP contribution < -0.4 is 15.0 Å². The number of nitrogens with one attached hydrogen (secondary N) is 1. The van der Waals surface area contributed by atoms with E-state index in [1.807, 2.05) is 31.2 Å². The van der Waals surface area contributed by atoms with Crippen molar-refractivity contribution in [2.75, 3.05) is 31.2 Å². The van der Waals surface area contributed by atoms with Gasteiger partial charge >= 0.3 is 0 Å². The van der Waals surface area contributed by atoms with Crippen molar-refractivity contribution in [2.45, 2.75) is 13.0 Å². The maximum atomic E-state index is 12.1. The smallest absolute Gasteiger partial charge is 0.258 e. The zero-order valence-electron chi connectivity index (χ0n) is 15.0. The molecule has 1 fully saturated rings. The molecule has 0 spiro atoms. The minimum atomic E-state index is -0.290. The van der Waals surface area contributed by atoms with E-state index < -0.39 is 0 Å². The Morgan fingerprint density at radius 1 is 1.22 bits per heavy atom. The van der Waals surface area contributed by atoms with Gasteiger partial charge in [-0.25, -0.2) is 0 Å². The normalized spacial score (nSPS) is 16.9. The number of benzene rings is 2. The molecular formula is C20H21ClN2O4. The third-order valence-electron chi connectivity index (χ3n) is 4.19. The van der Waals surface area contributed by atoms with Crippen LogP contribution in [-0.4, -0.2) is 44.2 Å². The molecule has 1 unspecified atom stereocenters. The Balaban J connectivity index is 1.47. The number of carbonyl (C=O) groups excluding carboxylic acids is 2. The van der Waals surface area contributed by atoms with E-state index in [2.05, 4.69) is 5.32 Å². The number of morpholine rings is 1. The lowest BCUT2D eigenvalue weighted by atomic mass is 10.2. The highest BCUT2D eigenvalue weighted by molar-refractivity contribution is 6.30. The average molecular weight is 389 g/mol. The van der Waals surface area contributed by atoms with Crippen molar-refractivity contribution in [1.29, 1.82) is 0 Å². The first-order valence-corrected chi connectivity index (χ1v) is 9.03. The van der Waals surface area contributed by atoms with Crippen LogP contribution in [0.25, 0.3) is 0 Å². The molecular weight excluding hydrogens is 368 g/mol. The lowest BCUT2D eigenvalue weighted by Gasteiger charge is -2.32. The first-order chi connectivity index (χ1) is 13.0. The third-order valence-corrected chi connectivity index (χ3v) is 4.44. The van der Waals surface area contributed by atoms with Gasteiger partial charge in [0, 0.05) is 17.3 Å². The number of nitrogens with zero attached hydrogens (tertiary/aromatic N) is 1. The lowest BCUT2D eigenvalue weighted by Crippen LogP contribution is -2.51. The summed E-state index contributed by atoms with van der Waals surface area (Å²) in [6, 6.07) is 14.5. The molecule has 2 amide bonds. The first kappa shape index (κ1) is 19.2. The minimum Gasteiger partial charge on any atom is -0.484 e. The number of hydrogen-bond donors (Lipinski definition) is 1. The van der Waals surface area contributed by atoms with Crippen LogP contribution in [0.4, 0.5) is 5.69 Å². The van der Waals surface area contributed by atoms with E-state index in [4.69, 9.17) is 21.1 Å². The van der Waals surface area contributed by atoms with Crippen LogP contribution in [0.1, 0.15) is 5.56 Å². The van der Waals surface area contributed by atoms with Gasteiger partial charge in [-0.05, 0) is 43.3 Å². The summed E-state index contributed by atoms with van der Waals surface area (Å²) in [6.07, 6.45) is -0.290. The molecule has 7 heteroatoms. The molecule has 1 aliphatic heterocycles. The van der Waals surface area contributed by atoms with E-state index >= 15 is 0 Å². The van der Waals surface area contributed by atoms with Crippen molar-refractivity contribution in [3.05, 3.63) is 59.1 Å². The van der Waals surface area contributed by atoms with E-state index in [1.54, 1.807) is 29.2 Å². The Bertz CT molecular complexity index is 793. The highest BCUT2D eigenvalue weighted by Gasteiger charge is 2.27. The van der Waals surface area contributed by atoms with Gasteiger partial charge in [-0.3, -0.25) is 9.59 Å². The largest absolute Gasteiger partial charge is 0.484 e. The van der Waals surface area contributed by atoms with Gasteiger partial charge in [-0.1, -0.05) is 29.3 Å². The van der Waals surface area contributed by atoms with Crippen LogP contribution >= 0.6 is 11.6 Å². The molecule has 3 rings (SSSR count). The van der Waals surface area contributed by atoms with E-state index in [0.29, 0.717) is 23.9 Å². The second-order valence-corrected chi connectivity index (χ2v) is 6.76. The van der Waals surface area contributed by atoms with Crippen LogP contribution in [0, 0.1) is 6.92 Å². The monoisotopic (exact) mass is 388 g/mol. The van der Waals surface area contributed by atoms with Crippen molar-refractivity contribution >= 4 is 29.1 Å². The number of aryl methyl sites for hydroxylation is 1. The van der Waals surface area contributed by atoms with E-state index in [1.165, 1.54) is 0 Å². The molecule has 27 heavy (non-hydrogen) atoms. The number of hydrogen-bond acceptors (Lipinski definition) is 4. The van der Waals surface area contributed by atoms with Gasteiger partial charge in [0.05, 0.1) is 12.6 Å². The maximum Gasteiger partial charge on any atom is 0.258 e. The summed E-state index contributed by atoms with van der Waals surface area (Å²) in [6.45, 7) is 2.55. The van der Waals surface area contributed by atoms with Gasteiger partial charge in [0.2, 0.25) is 0 Å². The first-order valence-electron chi connectivity index (χ1n) is 8.65. The quantitative estimate of drug-likeness (QED) is 0.825. The number of rotatable bonds is 6. The maximum absolute atomic E-state index is 12.1. The fourth-order valence-electron chi connectivity index (χ4n) is 2.68. The van der Waals surface area contributed by atoms with Gasteiger partial charge in [0.15, 0.2) is 6.61 Å². The Kier molecular flexibility index (Phi) is 6.32. The molecule has 0 saturated carbocycles. The topological polar surface area (TPSA) is 67.9 Å². The summed E-state index contributed by atoms with van der Waals surface area (Å²) in [5.74, 6) is 0.279. The number of amides is 2.